The number of pyridine rings is 1. The number of aliphatic hydroxyl groups is 1. The van der Waals surface area contributed by atoms with Crippen molar-refractivity contribution in [2.75, 3.05) is 0 Å². The Labute approximate surface area is 116 Å². The molecule has 0 aliphatic heterocycles. The molecule has 0 unspecified atom stereocenters. The van der Waals surface area contributed by atoms with Gasteiger partial charge in [-0.05, 0) is 23.1 Å². The van der Waals surface area contributed by atoms with Gasteiger partial charge >= 0.3 is 0 Å². The molecule has 0 aliphatic rings. The van der Waals surface area contributed by atoms with Crippen molar-refractivity contribution in [1.29, 1.82) is 5.26 Å². The maximum absolute atomic E-state index is 9.29. The second-order valence-electron chi connectivity index (χ2n) is 4.56. The Bertz CT molecular complexity index is 813. The molecule has 3 aromatic rings. The Balaban J connectivity index is 2.33. The minimum absolute atomic E-state index is 0.0447. The predicted octanol–water partition coefficient (Wildman–Crippen LogP) is 3.27. The van der Waals surface area contributed by atoms with E-state index in [1.54, 1.807) is 24.5 Å². The molecule has 0 saturated carbocycles. The van der Waals surface area contributed by atoms with Gasteiger partial charge in [0.1, 0.15) is 0 Å². The Morgan fingerprint density at radius 1 is 1.05 bits per heavy atom. The van der Waals surface area contributed by atoms with Crippen molar-refractivity contribution in [2.45, 2.75) is 6.61 Å². The molecule has 3 rings (SSSR count). The van der Waals surface area contributed by atoms with Gasteiger partial charge < -0.3 is 5.11 Å². The highest BCUT2D eigenvalue weighted by atomic mass is 16.3. The molecule has 0 fully saturated rings. The summed E-state index contributed by atoms with van der Waals surface area (Å²) in [5.41, 5.74) is 3.09. The third-order valence-electron chi connectivity index (χ3n) is 3.35. The van der Waals surface area contributed by atoms with Crippen molar-refractivity contribution in [3.63, 3.8) is 0 Å². The zero-order valence-electron chi connectivity index (χ0n) is 10.7. The lowest BCUT2D eigenvalue weighted by Crippen LogP contribution is -1.91. The molecular weight excluding hydrogens is 248 g/mol. The summed E-state index contributed by atoms with van der Waals surface area (Å²) in [6, 6.07) is 15.5. The second kappa shape index (κ2) is 5.12. The van der Waals surface area contributed by atoms with Crippen LogP contribution in [0.4, 0.5) is 0 Å². The summed E-state index contributed by atoms with van der Waals surface area (Å²) >= 11 is 0. The lowest BCUT2D eigenvalue weighted by molar-refractivity contribution is 0.282. The third-order valence-corrected chi connectivity index (χ3v) is 3.35. The van der Waals surface area contributed by atoms with Gasteiger partial charge in [0.05, 0.1) is 18.2 Å². The summed E-state index contributed by atoms with van der Waals surface area (Å²) < 4.78 is 0. The lowest BCUT2D eigenvalue weighted by atomic mass is 9.95. The Kier molecular flexibility index (Phi) is 3.16. The minimum Gasteiger partial charge on any atom is -0.392 e. The monoisotopic (exact) mass is 260 g/mol. The normalized spacial score (nSPS) is 10.4. The first-order valence-corrected chi connectivity index (χ1v) is 6.30. The molecule has 0 bridgehead atoms. The number of rotatable bonds is 2. The quantitative estimate of drug-likeness (QED) is 0.769. The van der Waals surface area contributed by atoms with Crippen LogP contribution in [-0.4, -0.2) is 10.1 Å². The molecule has 0 radical (unpaired) electrons. The standard InChI is InChI=1S/C17H12N2O/c18-8-13-6-5-12(11-20)7-16(13)17-10-19-9-14-3-1-2-4-15(14)17/h1-7,9-10,20H,11H2. The van der Waals surface area contributed by atoms with Crippen LogP contribution in [0.1, 0.15) is 11.1 Å². The fourth-order valence-corrected chi connectivity index (χ4v) is 2.34. The molecule has 0 saturated heterocycles. The number of benzene rings is 2. The summed E-state index contributed by atoms with van der Waals surface area (Å²) in [6.45, 7) is -0.0447. The molecule has 3 nitrogen and oxygen atoms in total. The third kappa shape index (κ3) is 2.03. The van der Waals surface area contributed by atoms with Gasteiger partial charge in [0.15, 0.2) is 0 Å². The topological polar surface area (TPSA) is 56.9 Å². The molecular formula is C17H12N2O. The predicted molar refractivity (Wildman–Crippen MR) is 77.8 cm³/mol. The van der Waals surface area contributed by atoms with Crippen LogP contribution in [-0.2, 0) is 6.61 Å². The van der Waals surface area contributed by atoms with E-state index < -0.39 is 0 Å². The lowest BCUT2D eigenvalue weighted by Gasteiger charge is -2.09. The fourth-order valence-electron chi connectivity index (χ4n) is 2.34. The van der Waals surface area contributed by atoms with E-state index in [0.29, 0.717) is 5.56 Å². The summed E-state index contributed by atoms with van der Waals surface area (Å²) in [6.07, 6.45) is 3.57. The Morgan fingerprint density at radius 3 is 2.70 bits per heavy atom. The van der Waals surface area contributed by atoms with Gasteiger partial charge in [-0.2, -0.15) is 5.26 Å². The molecule has 0 aliphatic carbocycles. The Morgan fingerprint density at radius 2 is 1.90 bits per heavy atom. The first-order chi connectivity index (χ1) is 9.83. The summed E-state index contributed by atoms with van der Waals surface area (Å²) in [5.74, 6) is 0. The number of hydrogen-bond acceptors (Lipinski definition) is 3. The van der Waals surface area contributed by atoms with Gasteiger partial charge in [-0.25, -0.2) is 0 Å². The van der Waals surface area contributed by atoms with Crippen molar-refractivity contribution in [3.8, 4) is 17.2 Å². The molecule has 0 amide bonds. The first-order valence-electron chi connectivity index (χ1n) is 6.30. The molecule has 3 heteroatoms. The van der Waals surface area contributed by atoms with Crippen LogP contribution in [0.25, 0.3) is 21.9 Å². The van der Waals surface area contributed by atoms with Gasteiger partial charge in [-0.15, -0.1) is 0 Å². The number of nitriles is 1. The van der Waals surface area contributed by atoms with E-state index in [1.807, 2.05) is 30.3 Å². The van der Waals surface area contributed by atoms with Crippen LogP contribution in [0, 0.1) is 11.3 Å². The number of hydrogen-bond donors (Lipinski definition) is 1. The van der Waals surface area contributed by atoms with Gasteiger partial charge in [0, 0.05) is 28.9 Å². The van der Waals surface area contributed by atoms with E-state index in [2.05, 4.69) is 11.1 Å². The fraction of sp³-hybridized carbons (Fsp3) is 0.0588. The van der Waals surface area contributed by atoms with Gasteiger partial charge in [-0.3, -0.25) is 4.98 Å². The number of nitrogens with zero attached hydrogens (tertiary/aromatic N) is 2. The van der Waals surface area contributed by atoms with E-state index in [-0.39, 0.29) is 6.61 Å². The summed E-state index contributed by atoms with van der Waals surface area (Å²) in [7, 11) is 0. The average molecular weight is 260 g/mol. The van der Waals surface area contributed by atoms with E-state index in [4.69, 9.17) is 0 Å². The second-order valence-corrected chi connectivity index (χ2v) is 4.56. The average Bonchev–Trinajstić information content (AvgIpc) is 2.53. The first kappa shape index (κ1) is 12.3. The smallest absolute Gasteiger partial charge is 0.0998 e. The maximum Gasteiger partial charge on any atom is 0.0998 e. The maximum atomic E-state index is 9.29. The minimum atomic E-state index is -0.0447. The van der Waals surface area contributed by atoms with E-state index in [9.17, 15) is 10.4 Å². The van der Waals surface area contributed by atoms with Gasteiger partial charge in [0.2, 0.25) is 0 Å². The van der Waals surface area contributed by atoms with Crippen molar-refractivity contribution in [3.05, 3.63) is 66.0 Å². The zero-order valence-corrected chi connectivity index (χ0v) is 10.7. The van der Waals surface area contributed by atoms with E-state index >= 15 is 0 Å². The molecule has 0 spiro atoms. The molecule has 1 N–H and O–H groups in total. The van der Waals surface area contributed by atoms with Crippen LogP contribution < -0.4 is 0 Å². The van der Waals surface area contributed by atoms with E-state index in [0.717, 1.165) is 27.5 Å². The van der Waals surface area contributed by atoms with E-state index in [1.165, 1.54) is 0 Å². The highest BCUT2D eigenvalue weighted by Gasteiger charge is 2.09. The molecule has 2 aromatic carbocycles. The highest BCUT2D eigenvalue weighted by Crippen LogP contribution is 2.30. The van der Waals surface area contributed by atoms with Crippen LogP contribution >= 0.6 is 0 Å². The molecule has 96 valence electrons. The Hall–Kier alpha value is -2.70. The van der Waals surface area contributed by atoms with Crippen LogP contribution in [0.5, 0.6) is 0 Å². The number of fused-ring (bicyclic) bond motifs is 1. The summed E-state index contributed by atoms with van der Waals surface area (Å²) in [4.78, 5) is 4.25. The number of aromatic nitrogens is 1. The van der Waals surface area contributed by atoms with Crippen LogP contribution in [0.3, 0.4) is 0 Å². The highest BCUT2D eigenvalue weighted by molar-refractivity contribution is 5.97. The zero-order chi connectivity index (χ0) is 13.9. The van der Waals surface area contributed by atoms with Gasteiger partial charge in [0.25, 0.3) is 0 Å². The molecule has 20 heavy (non-hydrogen) atoms. The molecule has 1 aromatic heterocycles. The molecule has 0 atom stereocenters. The van der Waals surface area contributed by atoms with Gasteiger partial charge in [-0.1, -0.05) is 30.3 Å². The van der Waals surface area contributed by atoms with Crippen molar-refractivity contribution in [1.82, 2.24) is 4.98 Å². The molecule has 1 heterocycles. The summed E-state index contributed by atoms with van der Waals surface area (Å²) in [5, 5.41) is 20.7. The van der Waals surface area contributed by atoms with Crippen molar-refractivity contribution < 1.29 is 5.11 Å². The van der Waals surface area contributed by atoms with Crippen LogP contribution in [0.2, 0.25) is 0 Å². The number of aliphatic hydroxyl groups excluding tert-OH is 1. The van der Waals surface area contributed by atoms with Crippen molar-refractivity contribution in [2.24, 2.45) is 0 Å². The SMILES string of the molecule is N#Cc1ccc(CO)cc1-c1cncc2ccccc12. The van der Waals surface area contributed by atoms with Crippen molar-refractivity contribution >= 4 is 10.8 Å². The van der Waals surface area contributed by atoms with Crippen LogP contribution in [0.15, 0.2) is 54.9 Å². The largest absolute Gasteiger partial charge is 0.392 e.